The highest BCUT2D eigenvalue weighted by atomic mass is 32.2. The molecule has 25 heavy (non-hydrogen) atoms. The molecule has 0 aromatic heterocycles. The van der Waals surface area contributed by atoms with Gasteiger partial charge < -0.3 is 5.32 Å². The Labute approximate surface area is 148 Å². The van der Waals surface area contributed by atoms with E-state index in [1.807, 2.05) is 30.3 Å². The summed E-state index contributed by atoms with van der Waals surface area (Å²) in [5.41, 5.74) is 0. The van der Waals surface area contributed by atoms with Gasteiger partial charge in [-0.1, -0.05) is 36.3 Å². The predicted molar refractivity (Wildman–Crippen MR) is 97.3 cm³/mol. The van der Waals surface area contributed by atoms with E-state index in [-0.39, 0.29) is 18.4 Å². The van der Waals surface area contributed by atoms with Crippen molar-refractivity contribution in [1.82, 2.24) is 9.62 Å². The van der Waals surface area contributed by atoms with E-state index in [9.17, 15) is 13.2 Å². The van der Waals surface area contributed by atoms with Crippen molar-refractivity contribution in [2.24, 2.45) is 5.92 Å². The molecule has 0 saturated carbocycles. The molecule has 0 atom stereocenters. The topological polar surface area (TPSA) is 66.5 Å². The van der Waals surface area contributed by atoms with E-state index in [4.69, 9.17) is 6.42 Å². The van der Waals surface area contributed by atoms with Crippen LogP contribution in [0.4, 0.5) is 0 Å². The Hall–Kier alpha value is -2.36. The Kier molecular flexibility index (Phi) is 5.07. The summed E-state index contributed by atoms with van der Waals surface area (Å²) in [5, 5.41) is 4.56. The van der Waals surface area contributed by atoms with E-state index in [0.29, 0.717) is 30.8 Å². The number of hydrogen-bond donors (Lipinski definition) is 1. The lowest BCUT2D eigenvalue weighted by Crippen LogP contribution is -2.43. The fourth-order valence-corrected chi connectivity index (χ4v) is 4.62. The van der Waals surface area contributed by atoms with Crippen LogP contribution in [0.1, 0.15) is 12.8 Å². The number of benzene rings is 2. The minimum atomic E-state index is -3.55. The molecule has 5 nitrogen and oxygen atoms in total. The molecule has 0 spiro atoms. The number of sulfonamides is 1. The van der Waals surface area contributed by atoms with Crippen LogP contribution in [0.25, 0.3) is 10.8 Å². The third-order valence-corrected chi connectivity index (χ3v) is 6.44. The number of carbonyl (C=O) groups excluding carboxylic acids is 1. The second-order valence-corrected chi connectivity index (χ2v) is 8.05. The predicted octanol–water partition coefficient (Wildman–Crippen LogP) is 1.99. The first-order valence-electron chi connectivity index (χ1n) is 8.22. The minimum absolute atomic E-state index is 0.0966. The molecule has 1 aliphatic heterocycles. The molecule has 1 heterocycles. The van der Waals surface area contributed by atoms with Gasteiger partial charge in [0, 0.05) is 19.0 Å². The Morgan fingerprint density at radius 2 is 1.84 bits per heavy atom. The van der Waals surface area contributed by atoms with Crippen molar-refractivity contribution in [3.63, 3.8) is 0 Å². The van der Waals surface area contributed by atoms with E-state index in [2.05, 4.69) is 11.2 Å². The van der Waals surface area contributed by atoms with Gasteiger partial charge in [-0.2, -0.15) is 4.31 Å². The van der Waals surface area contributed by atoms with Gasteiger partial charge in [-0.25, -0.2) is 8.42 Å². The number of nitrogens with one attached hydrogen (secondary N) is 1. The maximum atomic E-state index is 12.9. The summed E-state index contributed by atoms with van der Waals surface area (Å²) in [5.74, 6) is 2.09. The lowest BCUT2D eigenvalue weighted by molar-refractivity contribution is -0.125. The normalized spacial score (nSPS) is 16.4. The van der Waals surface area contributed by atoms with Crippen molar-refractivity contribution in [3.05, 3.63) is 42.5 Å². The highest BCUT2D eigenvalue weighted by Crippen LogP contribution is 2.26. The van der Waals surface area contributed by atoms with Crippen molar-refractivity contribution >= 4 is 26.7 Å². The van der Waals surface area contributed by atoms with Crippen molar-refractivity contribution in [1.29, 1.82) is 0 Å². The van der Waals surface area contributed by atoms with Gasteiger partial charge in [0.1, 0.15) is 0 Å². The molecule has 1 N–H and O–H groups in total. The average Bonchev–Trinajstić information content (AvgIpc) is 2.65. The summed E-state index contributed by atoms with van der Waals surface area (Å²) < 4.78 is 27.2. The summed E-state index contributed by atoms with van der Waals surface area (Å²) in [6.45, 7) is 0.876. The molecule has 0 radical (unpaired) electrons. The molecule has 0 unspecified atom stereocenters. The molecule has 0 bridgehead atoms. The SMILES string of the molecule is C#CCNC(=O)C1CCN(S(=O)(=O)c2ccc3ccccc3c2)CC1. The van der Waals surface area contributed by atoms with Gasteiger partial charge in [0.2, 0.25) is 15.9 Å². The summed E-state index contributed by atoms with van der Waals surface area (Å²) >= 11 is 0. The van der Waals surface area contributed by atoms with Gasteiger partial charge in [0.05, 0.1) is 11.4 Å². The number of amides is 1. The van der Waals surface area contributed by atoms with Crippen molar-refractivity contribution < 1.29 is 13.2 Å². The maximum Gasteiger partial charge on any atom is 0.243 e. The first-order chi connectivity index (χ1) is 12.0. The van der Waals surface area contributed by atoms with E-state index < -0.39 is 10.0 Å². The standard InChI is InChI=1S/C19H20N2O3S/c1-2-11-20-19(22)16-9-12-21(13-10-16)25(23,24)18-8-7-15-5-3-4-6-17(15)14-18/h1,3-8,14,16H,9-13H2,(H,20,22). The lowest BCUT2D eigenvalue weighted by atomic mass is 9.97. The van der Waals surface area contributed by atoms with Crippen molar-refractivity contribution in [2.75, 3.05) is 19.6 Å². The van der Waals surface area contributed by atoms with Gasteiger partial charge >= 0.3 is 0 Å². The number of terminal acetylenes is 1. The third-order valence-electron chi connectivity index (χ3n) is 4.55. The summed E-state index contributed by atoms with van der Waals surface area (Å²) in [6, 6.07) is 12.8. The average molecular weight is 356 g/mol. The maximum absolute atomic E-state index is 12.9. The van der Waals surface area contributed by atoms with Gasteiger partial charge in [-0.15, -0.1) is 6.42 Å². The number of piperidine rings is 1. The molecule has 2 aromatic carbocycles. The molecular weight excluding hydrogens is 336 g/mol. The number of rotatable bonds is 4. The fourth-order valence-electron chi connectivity index (χ4n) is 3.12. The summed E-state index contributed by atoms with van der Waals surface area (Å²) in [4.78, 5) is 12.2. The summed E-state index contributed by atoms with van der Waals surface area (Å²) in [6.07, 6.45) is 6.14. The van der Waals surface area contributed by atoms with Crippen LogP contribution in [0.15, 0.2) is 47.4 Å². The molecule has 6 heteroatoms. The Balaban J connectivity index is 1.73. The van der Waals surface area contributed by atoms with Gasteiger partial charge in [-0.05, 0) is 35.7 Å². The van der Waals surface area contributed by atoms with Gasteiger partial charge in [0.15, 0.2) is 0 Å². The van der Waals surface area contributed by atoms with Gasteiger partial charge in [0.25, 0.3) is 0 Å². The van der Waals surface area contributed by atoms with Crippen LogP contribution in [0.5, 0.6) is 0 Å². The van der Waals surface area contributed by atoms with Gasteiger partial charge in [-0.3, -0.25) is 4.79 Å². The molecule has 130 valence electrons. The highest BCUT2D eigenvalue weighted by molar-refractivity contribution is 7.89. The second kappa shape index (κ2) is 7.26. The molecule has 0 aliphatic carbocycles. The Morgan fingerprint density at radius 1 is 1.16 bits per heavy atom. The monoisotopic (exact) mass is 356 g/mol. The molecule has 1 aliphatic rings. The van der Waals surface area contributed by atoms with Crippen LogP contribution >= 0.6 is 0 Å². The molecule has 3 rings (SSSR count). The van der Waals surface area contributed by atoms with Crippen LogP contribution in [0.2, 0.25) is 0 Å². The number of fused-ring (bicyclic) bond motifs is 1. The van der Waals surface area contributed by atoms with E-state index in [0.717, 1.165) is 10.8 Å². The number of hydrogen-bond acceptors (Lipinski definition) is 3. The first-order valence-corrected chi connectivity index (χ1v) is 9.66. The minimum Gasteiger partial charge on any atom is -0.345 e. The molecule has 1 amide bonds. The van der Waals surface area contributed by atoms with Crippen LogP contribution in [0.3, 0.4) is 0 Å². The van der Waals surface area contributed by atoms with Crippen molar-refractivity contribution in [3.8, 4) is 12.3 Å². The largest absolute Gasteiger partial charge is 0.345 e. The zero-order chi connectivity index (χ0) is 17.9. The molecule has 2 aromatic rings. The number of nitrogens with zero attached hydrogens (tertiary/aromatic N) is 1. The third kappa shape index (κ3) is 3.68. The van der Waals surface area contributed by atoms with E-state index in [1.54, 1.807) is 12.1 Å². The van der Waals surface area contributed by atoms with Crippen molar-refractivity contribution in [2.45, 2.75) is 17.7 Å². The van der Waals surface area contributed by atoms with Crippen LogP contribution in [-0.2, 0) is 14.8 Å². The Bertz CT molecular complexity index is 923. The fraction of sp³-hybridized carbons (Fsp3) is 0.316. The van der Waals surface area contributed by atoms with Crippen LogP contribution in [-0.4, -0.2) is 38.3 Å². The molecular formula is C19H20N2O3S. The van der Waals surface area contributed by atoms with E-state index in [1.165, 1.54) is 4.31 Å². The quantitative estimate of drug-likeness (QED) is 0.852. The molecule has 1 fully saturated rings. The van der Waals surface area contributed by atoms with E-state index >= 15 is 0 Å². The highest BCUT2D eigenvalue weighted by Gasteiger charge is 2.32. The zero-order valence-electron chi connectivity index (χ0n) is 13.8. The van der Waals surface area contributed by atoms with Crippen LogP contribution in [0, 0.1) is 18.3 Å². The first kappa shape index (κ1) is 17.5. The zero-order valence-corrected chi connectivity index (χ0v) is 14.6. The molecule has 1 saturated heterocycles. The number of carbonyl (C=O) groups is 1. The second-order valence-electron chi connectivity index (χ2n) is 6.11. The Morgan fingerprint density at radius 3 is 2.52 bits per heavy atom. The lowest BCUT2D eigenvalue weighted by Gasteiger charge is -2.30. The summed E-state index contributed by atoms with van der Waals surface area (Å²) in [7, 11) is -3.55. The van der Waals surface area contributed by atoms with Crippen LogP contribution < -0.4 is 5.32 Å². The smallest absolute Gasteiger partial charge is 0.243 e.